The summed E-state index contributed by atoms with van der Waals surface area (Å²) in [6.45, 7) is 4.20. The van der Waals surface area contributed by atoms with Crippen molar-refractivity contribution >= 4 is 5.91 Å². The molecule has 0 saturated carbocycles. The molecule has 0 fully saturated rings. The van der Waals surface area contributed by atoms with Crippen molar-refractivity contribution < 1.29 is 20.1 Å². The maximum absolute atomic E-state index is 12.5. The van der Waals surface area contributed by atoms with E-state index in [4.69, 9.17) is 0 Å². The van der Waals surface area contributed by atoms with E-state index in [0.717, 1.165) is 44.9 Å². The minimum Gasteiger partial charge on any atom is -0.394 e. The molecule has 0 bridgehead atoms. The van der Waals surface area contributed by atoms with E-state index in [0.29, 0.717) is 12.8 Å². The van der Waals surface area contributed by atoms with Crippen LogP contribution in [0.15, 0.2) is 24.3 Å². The van der Waals surface area contributed by atoms with Gasteiger partial charge in [-0.25, -0.2) is 0 Å². The lowest BCUT2D eigenvalue weighted by atomic mass is 10.0. The van der Waals surface area contributed by atoms with Gasteiger partial charge in [-0.15, -0.1) is 0 Å². The molecule has 5 nitrogen and oxygen atoms in total. The number of amides is 1. The Morgan fingerprint density at radius 1 is 0.400 bits per heavy atom. The Kier molecular flexibility index (Phi) is 49.5. The predicted molar refractivity (Wildman–Crippen MR) is 264 cm³/mol. The van der Waals surface area contributed by atoms with Crippen molar-refractivity contribution in [3.63, 3.8) is 0 Å². The van der Waals surface area contributed by atoms with E-state index < -0.39 is 18.2 Å². The van der Waals surface area contributed by atoms with Crippen LogP contribution in [-0.4, -0.2) is 46.1 Å². The molecule has 0 saturated heterocycles. The van der Waals surface area contributed by atoms with Crippen LogP contribution in [-0.2, 0) is 4.79 Å². The van der Waals surface area contributed by atoms with Crippen LogP contribution in [0.4, 0.5) is 0 Å². The summed E-state index contributed by atoms with van der Waals surface area (Å²) in [5, 5.41) is 33.7. The zero-order valence-electron chi connectivity index (χ0n) is 40.6. The van der Waals surface area contributed by atoms with Crippen molar-refractivity contribution in [2.75, 3.05) is 6.61 Å². The van der Waals surface area contributed by atoms with Gasteiger partial charge in [0.15, 0.2) is 0 Å². The van der Waals surface area contributed by atoms with Crippen LogP contribution >= 0.6 is 0 Å². The molecule has 0 rings (SSSR count). The van der Waals surface area contributed by atoms with Crippen molar-refractivity contribution in [2.24, 2.45) is 0 Å². The third-order valence-corrected chi connectivity index (χ3v) is 12.8. The van der Waals surface area contributed by atoms with Gasteiger partial charge in [0, 0.05) is 6.42 Å². The number of aliphatic hydroxyl groups is 3. The molecule has 0 aliphatic heterocycles. The zero-order chi connectivity index (χ0) is 43.7. The number of carbonyl (C=O) groups excluding carboxylic acids is 1. The van der Waals surface area contributed by atoms with Crippen LogP contribution in [0.5, 0.6) is 0 Å². The van der Waals surface area contributed by atoms with Crippen LogP contribution in [0, 0.1) is 0 Å². The number of nitrogens with one attached hydrogen (secondary N) is 1. The third kappa shape index (κ3) is 44.9. The summed E-state index contributed by atoms with van der Waals surface area (Å²) in [6.07, 6.45) is 63.3. The SMILES string of the molecule is CCCCCCCCCCCCCCCC/C=C/CC/C=C/CCCC(O)C(O)C(CO)NC(=O)CCCCCCCCCCCCCCCCCCCCCCCCC. The van der Waals surface area contributed by atoms with Gasteiger partial charge in [-0.2, -0.15) is 0 Å². The fourth-order valence-electron chi connectivity index (χ4n) is 8.59. The number of aliphatic hydroxyl groups excluding tert-OH is 3. The summed E-state index contributed by atoms with van der Waals surface area (Å²) < 4.78 is 0. The van der Waals surface area contributed by atoms with E-state index >= 15 is 0 Å². The Morgan fingerprint density at radius 3 is 1.02 bits per heavy atom. The number of carbonyl (C=O) groups is 1. The van der Waals surface area contributed by atoms with Crippen molar-refractivity contribution in [1.82, 2.24) is 5.32 Å². The first kappa shape index (κ1) is 58.8. The highest BCUT2D eigenvalue weighted by Gasteiger charge is 2.26. The topological polar surface area (TPSA) is 89.8 Å². The molecule has 0 aromatic heterocycles. The number of hydrogen-bond acceptors (Lipinski definition) is 4. The van der Waals surface area contributed by atoms with Crippen LogP contribution in [0.25, 0.3) is 0 Å². The summed E-state index contributed by atoms with van der Waals surface area (Å²) in [6, 6.07) is -0.830. The summed E-state index contributed by atoms with van der Waals surface area (Å²) in [5.41, 5.74) is 0. The first-order chi connectivity index (χ1) is 29.6. The molecule has 3 atom stereocenters. The third-order valence-electron chi connectivity index (χ3n) is 12.8. The maximum atomic E-state index is 12.5. The van der Waals surface area contributed by atoms with Crippen LogP contribution in [0.3, 0.4) is 0 Å². The summed E-state index contributed by atoms with van der Waals surface area (Å²) in [7, 11) is 0. The standard InChI is InChI=1S/C55H107NO4/c1-3-5-7-9-11-13-15-17-19-21-23-25-27-29-31-33-35-37-39-41-43-45-47-49-53(58)55(60)52(51-57)56-54(59)50-48-46-44-42-40-38-36-34-32-30-28-26-24-22-20-18-16-14-12-10-8-6-4-2/h33,35,41,43,52-53,55,57-58,60H,3-32,34,36-40,42,44-51H2,1-2H3,(H,56,59)/b35-33+,43-41+. The average Bonchev–Trinajstić information content (AvgIpc) is 3.25. The molecule has 60 heavy (non-hydrogen) atoms. The van der Waals surface area contributed by atoms with Crippen molar-refractivity contribution in [2.45, 2.75) is 315 Å². The van der Waals surface area contributed by atoms with E-state index in [-0.39, 0.29) is 12.5 Å². The van der Waals surface area contributed by atoms with Gasteiger partial charge < -0.3 is 20.6 Å². The molecular weight excluding hydrogens is 739 g/mol. The second-order valence-corrected chi connectivity index (χ2v) is 18.8. The smallest absolute Gasteiger partial charge is 0.220 e. The van der Waals surface area contributed by atoms with Gasteiger partial charge in [0.05, 0.1) is 18.8 Å². The Hall–Kier alpha value is -1.17. The highest BCUT2D eigenvalue weighted by atomic mass is 16.3. The molecule has 0 spiro atoms. The highest BCUT2D eigenvalue weighted by molar-refractivity contribution is 5.76. The Bertz CT molecular complexity index is 890. The lowest BCUT2D eigenvalue weighted by molar-refractivity contribution is -0.124. The first-order valence-electron chi connectivity index (χ1n) is 27.1. The molecular formula is C55H107NO4. The Labute approximate surface area is 375 Å². The normalized spacial score (nSPS) is 13.5. The van der Waals surface area contributed by atoms with Gasteiger partial charge in [0.1, 0.15) is 6.10 Å². The van der Waals surface area contributed by atoms with Gasteiger partial charge in [0.25, 0.3) is 0 Å². The molecule has 0 aliphatic carbocycles. The van der Waals surface area contributed by atoms with Crippen LogP contribution in [0.1, 0.15) is 296 Å². The van der Waals surface area contributed by atoms with Gasteiger partial charge in [0.2, 0.25) is 5.91 Å². The van der Waals surface area contributed by atoms with Gasteiger partial charge in [-0.3, -0.25) is 4.79 Å². The predicted octanol–water partition coefficient (Wildman–Crippen LogP) is 16.5. The lowest BCUT2D eigenvalue weighted by Gasteiger charge is -2.26. The van der Waals surface area contributed by atoms with E-state index in [2.05, 4.69) is 43.5 Å². The molecule has 0 aromatic carbocycles. The van der Waals surface area contributed by atoms with Gasteiger partial charge >= 0.3 is 0 Å². The Morgan fingerprint density at radius 2 is 0.683 bits per heavy atom. The van der Waals surface area contributed by atoms with Crippen molar-refractivity contribution in [1.29, 1.82) is 0 Å². The van der Waals surface area contributed by atoms with Crippen molar-refractivity contribution in [3.8, 4) is 0 Å². The van der Waals surface area contributed by atoms with E-state index in [1.807, 2.05) is 0 Å². The van der Waals surface area contributed by atoms with Crippen molar-refractivity contribution in [3.05, 3.63) is 24.3 Å². The molecule has 0 heterocycles. The largest absolute Gasteiger partial charge is 0.394 e. The molecule has 4 N–H and O–H groups in total. The molecule has 1 amide bonds. The number of hydrogen-bond donors (Lipinski definition) is 4. The van der Waals surface area contributed by atoms with E-state index in [9.17, 15) is 20.1 Å². The molecule has 0 aliphatic rings. The molecule has 0 radical (unpaired) electrons. The summed E-state index contributed by atoms with van der Waals surface area (Å²) in [5.74, 6) is -0.152. The maximum Gasteiger partial charge on any atom is 0.220 e. The number of allylic oxidation sites excluding steroid dienone is 4. The van der Waals surface area contributed by atoms with Crippen LogP contribution < -0.4 is 5.32 Å². The lowest BCUT2D eigenvalue weighted by Crippen LogP contribution is -2.50. The molecule has 0 aromatic rings. The second-order valence-electron chi connectivity index (χ2n) is 18.8. The number of rotatable bonds is 50. The van der Waals surface area contributed by atoms with Gasteiger partial charge in [-0.05, 0) is 51.4 Å². The average molecular weight is 846 g/mol. The van der Waals surface area contributed by atoms with Crippen LogP contribution in [0.2, 0.25) is 0 Å². The highest BCUT2D eigenvalue weighted by Crippen LogP contribution is 2.17. The first-order valence-corrected chi connectivity index (χ1v) is 27.1. The quantitative estimate of drug-likeness (QED) is 0.0363. The molecule has 5 heteroatoms. The minimum atomic E-state index is -1.16. The zero-order valence-corrected chi connectivity index (χ0v) is 40.6. The molecule has 356 valence electrons. The van der Waals surface area contributed by atoms with E-state index in [1.54, 1.807) is 0 Å². The Balaban J connectivity index is 3.59. The van der Waals surface area contributed by atoms with E-state index in [1.165, 1.54) is 225 Å². The fourth-order valence-corrected chi connectivity index (χ4v) is 8.59. The summed E-state index contributed by atoms with van der Waals surface area (Å²) in [4.78, 5) is 12.5. The minimum absolute atomic E-state index is 0.152. The second kappa shape index (κ2) is 50.5. The fraction of sp³-hybridized carbons (Fsp3) is 0.909. The monoisotopic (exact) mass is 846 g/mol. The summed E-state index contributed by atoms with van der Waals surface area (Å²) >= 11 is 0. The molecule has 3 unspecified atom stereocenters. The van der Waals surface area contributed by atoms with Gasteiger partial charge in [-0.1, -0.05) is 263 Å². The number of unbranched alkanes of at least 4 members (excludes halogenated alkanes) is 38.